The Morgan fingerprint density at radius 2 is 1.83 bits per heavy atom. The van der Waals surface area contributed by atoms with Crippen LogP contribution in [-0.2, 0) is 9.53 Å². The Kier molecular flexibility index (Phi) is 5.87. The number of rotatable bonds is 6. The molecule has 0 fully saturated rings. The molecule has 1 N–H and O–H groups in total. The van der Waals surface area contributed by atoms with Crippen LogP contribution in [0.15, 0.2) is 60.7 Å². The van der Waals surface area contributed by atoms with Crippen molar-refractivity contribution >= 4 is 28.3 Å². The number of hydrogen-bond acceptors (Lipinski definition) is 5. The molecular formula is C22H20N2O5. The van der Waals surface area contributed by atoms with Gasteiger partial charge in [-0.25, -0.2) is 4.79 Å². The Morgan fingerprint density at radius 3 is 2.55 bits per heavy atom. The minimum absolute atomic E-state index is 0.0804. The Labute approximate surface area is 167 Å². The van der Waals surface area contributed by atoms with Gasteiger partial charge in [0.25, 0.3) is 11.6 Å². The largest absolute Gasteiger partial charge is 0.452 e. The van der Waals surface area contributed by atoms with Gasteiger partial charge in [0.15, 0.2) is 6.61 Å². The van der Waals surface area contributed by atoms with E-state index in [0.717, 1.165) is 16.3 Å². The number of amides is 1. The average Bonchev–Trinajstić information content (AvgIpc) is 2.71. The summed E-state index contributed by atoms with van der Waals surface area (Å²) in [5.74, 6) is -1.15. The van der Waals surface area contributed by atoms with E-state index in [-0.39, 0.29) is 17.3 Å². The summed E-state index contributed by atoms with van der Waals surface area (Å²) in [5, 5.41) is 15.8. The van der Waals surface area contributed by atoms with Gasteiger partial charge in [-0.2, -0.15) is 0 Å². The van der Waals surface area contributed by atoms with Gasteiger partial charge in [0.2, 0.25) is 0 Å². The zero-order valence-electron chi connectivity index (χ0n) is 16.0. The van der Waals surface area contributed by atoms with Crippen LogP contribution in [0, 0.1) is 17.0 Å². The first-order valence-electron chi connectivity index (χ1n) is 9.06. The van der Waals surface area contributed by atoms with Gasteiger partial charge < -0.3 is 10.1 Å². The normalized spacial score (nSPS) is 11.7. The maximum atomic E-state index is 12.2. The summed E-state index contributed by atoms with van der Waals surface area (Å²) >= 11 is 0. The summed E-state index contributed by atoms with van der Waals surface area (Å²) in [6.45, 7) is 2.96. The number of nitrogens with one attached hydrogen (secondary N) is 1. The van der Waals surface area contributed by atoms with Crippen molar-refractivity contribution in [2.45, 2.75) is 19.9 Å². The molecule has 0 aliphatic heterocycles. The van der Waals surface area contributed by atoms with Gasteiger partial charge in [-0.05, 0) is 42.3 Å². The number of hydrogen-bond donors (Lipinski definition) is 1. The minimum Gasteiger partial charge on any atom is -0.452 e. The summed E-state index contributed by atoms with van der Waals surface area (Å²) < 4.78 is 5.05. The third kappa shape index (κ3) is 4.57. The molecule has 1 amide bonds. The molecule has 0 saturated heterocycles. The van der Waals surface area contributed by atoms with Crippen LogP contribution in [0.5, 0.6) is 0 Å². The van der Waals surface area contributed by atoms with Crippen molar-refractivity contribution in [1.82, 2.24) is 5.32 Å². The predicted octanol–water partition coefficient (Wildman–Crippen LogP) is 4.09. The van der Waals surface area contributed by atoms with Crippen molar-refractivity contribution < 1.29 is 19.2 Å². The quantitative estimate of drug-likeness (QED) is 0.387. The average molecular weight is 392 g/mol. The van der Waals surface area contributed by atoms with E-state index in [1.165, 1.54) is 25.1 Å². The Morgan fingerprint density at radius 1 is 1.10 bits per heavy atom. The Balaban J connectivity index is 1.61. The van der Waals surface area contributed by atoms with E-state index in [4.69, 9.17) is 4.74 Å². The summed E-state index contributed by atoms with van der Waals surface area (Å²) in [6, 6.07) is 17.4. The molecule has 29 heavy (non-hydrogen) atoms. The molecule has 0 aliphatic carbocycles. The number of esters is 1. The van der Waals surface area contributed by atoms with Crippen molar-refractivity contribution in [3.8, 4) is 0 Å². The second-order valence-electron chi connectivity index (χ2n) is 6.69. The number of aryl methyl sites for hydroxylation is 1. The minimum atomic E-state index is -0.712. The molecule has 7 nitrogen and oxygen atoms in total. The summed E-state index contributed by atoms with van der Waals surface area (Å²) in [6.07, 6.45) is 0. The van der Waals surface area contributed by atoms with Gasteiger partial charge >= 0.3 is 5.97 Å². The molecule has 7 heteroatoms. The molecule has 0 heterocycles. The SMILES string of the molecule is Cc1cc(C(=O)OCC(=O)N[C@@H](C)c2cccc3ccccc23)ccc1[N+](=O)[O-]. The van der Waals surface area contributed by atoms with Crippen LogP contribution in [0.1, 0.15) is 34.5 Å². The van der Waals surface area contributed by atoms with Crippen LogP contribution in [0.2, 0.25) is 0 Å². The van der Waals surface area contributed by atoms with E-state index in [2.05, 4.69) is 5.32 Å². The Hall–Kier alpha value is -3.74. The molecule has 3 aromatic rings. The number of nitrogens with zero attached hydrogens (tertiary/aromatic N) is 1. The number of carbonyl (C=O) groups excluding carboxylic acids is 2. The van der Waals surface area contributed by atoms with Gasteiger partial charge in [0, 0.05) is 11.6 Å². The fourth-order valence-corrected chi connectivity index (χ4v) is 3.19. The molecule has 0 radical (unpaired) electrons. The lowest BCUT2D eigenvalue weighted by Gasteiger charge is -2.16. The summed E-state index contributed by atoms with van der Waals surface area (Å²) in [4.78, 5) is 34.7. The third-order valence-corrected chi connectivity index (χ3v) is 4.63. The highest BCUT2D eigenvalue weighted by molar-refractivity contribution is 5.92. The topological polar surface area (TPSA) is 98.5 Å². The number of carbonyl (C=O) groups is 2. The highest BCUT2D eigenvalue weighted by atomic mass is 16.6. The monoisotopic (exact) mass is 392 g/mol. The second-order valence-corrected chi connectivity index (χ2v) is 6.69. The van der Waals surface area contributed by atoms with Crippen LogP contribution in [0.4, 0.5) is 5.69 Å². The molecule has 0 saturated carbocycles. The van der Waals surface area contributed by atoms with E-state index >= 15 is 0 Å². The molecule has 0 unspecified atom stereocenters. The first-order chi connectivity index (χ1) is 13.9. The first kappa shape index (κ1) is 20.0. The number of nitro groups is 1. The van der Waals surface area contributed by atoms with Gasteiger partial charge in [-0.3, -0.25) is 14.9 Å². The van der Waals surface area contributed by atoms with Gasteiger partial charge in [0.05, 0.1) is 16.5 Å². The molecule has 0 aliphatic rings. The van der Waals surface area contributed by atoms with Crippen molar-refractivity contribution in [1.29, 1.82) is 0 Å². The second kappa shape index (κ2) is 8.52. The zero-order chi connectivity index (χ0) is 21.0. The lowest BCUT2D eigenvalue weighted by Crippen LogP contribution is -2.31. The highest BCUT2D eigenvalue weighted by Crippen LogP contribution is 2.24. The van der Waals surface area contributed by atoms with E-state index in [9.17, 15) is 19.7 Å². The molecule has 1 atom stereocenters. The van der Waals surface area contributed by atoms with Crippen molar-refractivity contribution in [3.05, 3.63) is 87.5 Å². The van der Waals surface area contributed by atoms with Gasteiger partial charge in [0.1, 0.15) is 0 Å². The van der Waals surface area contributed by atoms with Crippen LogP contribution in [0.25, 0.3) is 10.8 Å². The third-order valence-electron chi connectivity index (χ3n) is 4.63. The van der Waals surface area contributed by atoms with E-state index in [1.807, 2.05) is 49.4 Å². The highest BCUT2D eigenvalue weighted by Gasteiger charge is 2.17. The zero-order valence-corrected chi connectivity index (χ0v) is 16.0. The van der Waals surface area contributed by atoms with E-state index in [1.54, 1.807) is 0 Å². The lowest BCUT2D eigenvalue weighted by atomic mass is 10.00. The van der Waals surface area contributed by atoms with Crippen molar-refractivity contribution in [3.63, 3.8) is 0 Å². The van der Waals surface area contributed by atoms with E-state index < -0.39 is 23.4 Å². The summed E-state index contributed by atoms with van der Waals surface area (Å²) in [7, 11) is 0. The van der Waals surface area contributed by atoms with Crippen LogP contribution in [-0.4, -0.2) is 23.4 Å². The lowest BCUT2D eigenvalue weighted by molar-refractivity contribution is -0.385. The first-order valence-corrected chi connectivity index (χ1v) is 9.06. The van der Waals surface area contributed by atoms with Crippen molar-refractivity contribution in [2.24, 2.45) is 0 Å². The fraction of sp³-hybridized carbons (Fsp3) is 0.182. The van der Waals surface area contributed by atoms with Crippen LogP contribution < -0.4 is 5.32 Å². The van der Waals surface area contributed by atoms with Crippen LogP contribution >= 0.6 is 0 Å². The predicted molar refractivity (Wildman–Crippen MR) is 109 cm³/mol. The number of nitro benzene ring substituents is 1. The van der Waals surface area contributed by atoms with Crippen LogP contribution in [0.3, 0.4) is 0 Å². The van der Waals surface area contributed by atoms with Gasteiger partial charge in [-0.15, -0.1) is 0 Å². The summed E-state index contributed by atoms with van der Waals surface area (Å²) in [5.41, 5.74) is 1.39. The smallest absolute Gasteiger partial charge is 0.338 e. The molecule has 0 bridgehead atoms. The van der Waals surface area contributed by atoms with Gasteiger partial charge in [-0.1, -0.05) is 42.5 Å². The molecule has 148 valence electrons. The van der Waals surface area contributed by atoms with E-state index in [0.29, 0.717) is 5.56 Å². The fourth-order valence-electron chi connectivity index (χ4n) is 3.19. The van der Waals surface area contributed by atoms with Crippen molar-refractivity contribution in [2.75, 3.05) is 6.61 Å². The Bertz CT molecular complexity index is 1090. The number of ether oxygens (including phenoxy) is 1. The molecule has 3 aromatic carbocycles. The molecular weight excluding hydrogens is 372 g/mol. The molecule has 0 spiro atoms. The number of benzene rings is 3. The molecule has 0 aromatic heterocycles. The maximum absolute atomic E-state index is 12.2. The maximum Gasteiger partial charge on any atom is 0.338 e. The standard InChI is InChI=1S/C22H20N2O5/c1-14-12-17(10-11-20(14)24(27)28)22(26)29-13-21(25)23-15(2)18-9-5-7-16-6-3-4-8-19(16)18/h3-12,15H,13H2,1-2H3,(H,23,25)/t15-/m0/s1. The number of fused-ring (bicyclic) bond motifs is 1. The molecule has 3 rings (SSSR count).